The van der Waals surface area contributed by atoms with Gasteiger partial charge in [0.05, 0.1) is 5.60 Å². The van der Waals surface area contributed by atoms with Crippen molar-refractivity contribution in [2.45, 2.75) is 32.5 Å². The lowest BCUT2D eigenvalue weighted by molar-refractivity contribution is -0.141. The van der Waals surface area contributed by atoms with Crippen LogP contribution in [0.2, 0.25) is 0 Å². The number of hydrogen-bond acceptors (Lipinski definition) is 7. The van der Waals surface area contributed by atoms with Gasteiger partial charge in [-0.3, -0.25) is 0 Å². The molecule has 0 fully saturated rings. The predicted molar refractivity (Wildman–Crippen MR) is 107 cm³/mol. The van der Waals surface area contributed by atoms with Gasteiger partial charge in [-0.25, -0.2) is 19.9 Å². The van der Waals surface area contributed by atoms with Crippen molar-refractivity contribution in [3.05, 3.63) is 54.1 Å². The first kappa shape index (κ1) is 21.4. The molecule has 0 radical (unpaired) electrons. The molecule has 0 bridgehead atoms. The fourth-order valence-electron chi connectivity index (χ4n) is 2.50. The first-order chi connectivity index (χ1) is 14.0. The molecule has 0 spiro atoms. The van der Waals surface area contributed by atoms with Crippen molar-refractivity contribution in [2.75, 3.05) is 17.2 Å². The van der Waals surface area contributed by atoms with E-state index >= 15 is 0 Å². The van der Waals surface area contributed by atoms with Gasteiger partial charge >= 0.3 is 6.18 Å². The number of nitrogens with zero attached hydrogens (tertiary/aromatic N) is 4. The number of aromatic nitrogens is 4. The molecule has 158 valence electrons. The van der Waals surface area contributed by atoms with Crippen molar-refractivity contribution < 1.29 is 18.3 Å². The van der Waals surface area contributed by atoms with E-state index in [9.17, 15) is 18.3 Å². The lowest BCUT2D eigenvalue weighted by Gasteiger charge is -2.17. The van der Waals surface area contributed by atoms with Crippen LogP contribution in [0.1, 0.15) is 25.1 Å². The largest absolute Gasteiger partial charge is 0.433 e. The van der Waals surface area contributed by atoms with Crippen LogP contribution >= 0.6 is 0 Å². The van der Waals surface area contributed by atoms with Crippen molar-refractivity contribution in [1.82, 2.24) is 19.9 Å². The summed E-state index contributed by atoms with van der Waals surface area (Å²) in [4.78, 5) is 15.9. The molecule has 0 saturated carbocycles. The molecule has 1 aromatic carbocycles. The molecule has 0 aliphatic heterocycles. The van der Waals surface area contributed by atoms with Crippen molar-refractivity contribution in [3.63, 3.8) is 0 Å². The van der Waals surface area contributed by atoms with Gasteiger partial charge in [0.1, 0.15) is 5.69 Å². The first-order valence-corrected chi connectivity index (χ1v) is 9.08. The van der Waals surface area contributed by atoms with Crippen LogP contribution in [0.4, 0.5) is 30.8 Å². The van der Waals surface area contributed by atoms with E-state index in [0.717, 1.165) is 29.0 Å². The van der Waals surface area contributed by atoms with Gasteiger partial charge in [0.15, 0.2) is 0 Å². The second kappa shape index (κ2) is 8.23. The lowest BCUT2D eigenvalue weighted by Crippen LogP contribution is -2.29. The zero-order valence-corrected chi connectivity index (χ0v) is 16.6. The Morgan fingerprint density at radius 3 is 2.30 bits per heavy atom. The number of halogens is 3. The lowest BCUT2D eigenvalue weighted by atomic mass is 10.1. The first-order valence-electron chi connectivity index (χ1n) is 9.08. The molecule has 30 heavy (non-hydrogen) atoms. The maximum absolute atomic E-state index is 12.9. The summed E-state index contributed by atoms with van der Waals surface area (Å²) in [6.45, 7) is 5.45. The second-order valence-electron chi connectivity index (χ2n) is 7.38. The van der Waals surface area contributed by atoms with E-state index in [2.05, 4.69) is 30.6 Å². The zero-order chi connectivity index (χ0) is 21.9. The summed E-state index contributed by atoms with van der Waals surface area (Å²) < 4.78 is 38.6. The molecular formula is C20H21F3N6O. The highest BCUT2D eigenvalue weighted by atomic mass is 19.4. The van der Waals surface area contributed by atoms with Crippen molar-refractivity contribution in [1.29, 1.82) is 0 Å². The molecule has 7 nitrogen and oxygen atoms in total. The molecule has 0 unspecified atom stereocenters. The summed E-state index contributed by atoms with van der Waals surface area (Å²) in [5.74, 6) is 0.233. The summed E-state index contributed by atoms with van der Waals surface area (Å²) in [5.41, 5.74) is 0.947. The van der Waals surface area contributed by atoms with E-state index in [-0.39, 0.29) is 5.95 Å². The molecule has 0 aliphatic carbocycles. The van der Waals surface area contributed by atoms with Gasteiger partial charge in [-0.1, -0.05) is 12.1 Å². The van der Waals surface area contributed by atoms with Gasteiger partial charge in [0, 0.05) is 36.4 Å². The van der Waals surface area contributed by atoms with E-state index in [1.807, 2.05) is 19.1 Å². The van der Waals surface area contributed by atoms with E-state index in [0.29, 0.717) is 18.2 Å². The molecule has 10 heteroatoms. The Labute approximate surface area is 171 Å². The second-order valence-corrected chi connectivity index (χ2v) is 7.38. The Hall–Kier alpha value is -3.27. The van der Waals surface area contributed by atoms with Crippen molar-refractivity contribution in [2.24, 2.45) is 0 Å². The molecule has 0 atom stereocenters. The van der Waals surface area contributed by atoms with Gasteiger partial charge in [0.25, 0.3) is 0 Å². The number of benzene rings is 1. The normalized spacial score (nSPS) is 12.0. The molecule has 0 amide bonds. The summed E-state index contributed by atoms with van der Waals surface area (Å²) >= 11 is 0. The van der Waals surface area contributed by atoms with E-state index in [4.69, 9.17) is 0 Å². The van der Waals surface area contributed by atoms with Gasteiger partial charge in [0.2, 0.25) is 11.9 Å². The van der Waals surface area contributed by atoms with Crippen LogP contribution in [0.25, 0.3) is 11.1 Å². The molecule has 3 rings (SSSR count). The van der Waals surface area contributed by atoms with E-state index in [1.165, 1.54) is 0 Å². The van der Waals surface area contributed by atoms with Crippen LogP contribution < -0.4 is 10.6 Å². The Kier molecular flexibility index (Phi) is 5.88. The summed E-state index contributed by atoms with van der Waals surface area (Å²) in [5, 5.41) is 15.5. The van der Waals surface area contributed by atoms with E-state index in [1.54, 1.807) is 32.3 Å². The van der Waals surface area contributed by atoms with Gasteiger partial charge in [-0.15, -0.1) is 0 Å². The van der Waals surface area contributed by atoms with Crippen LogP contribution in [0, 0.1) is 6.92 Å². The third kappa shape index (κ3) is 5.63. The van der Waals surface area contributed by atoms with Crippen molar-refractivity contribution >= 4 is 17.6 Å². The number of rotatable bonds is 6. The van der Waals surface area contributed by atoms with E-state index < -0.39 is 17.5 Å². The number of nitrogens with one attached hydrogen (secondary N) is 2. The van der Waals surface area contributed by atoms with Crippen LogP contribution in [0.3, 0.4) is 0 Å². The summed E-state index contributed by atoms with van der Waals surface area (Å²) in [6, 6.07) is 6.27. The maximum Gasteiger partial charge on any atom is 0.433 e. The molecule has 0 saturated heterocycles. The fourth-order valence-corrected chi connectivity index (χ4v) is 2.50. The van der Waals surface area contributed by atoms with Gasteiger partial charge < -0.3 is 15.7 Å². The molecule has 2 aromatic heterocycles. The number of hydrogen-bond donors (Lipinski definition) is 3. The summed E-state index contributed by atoms with van der Waals surface area (Å²) in [6.07, 6.45) is -0.247. The molecule has 3 aromatic rings. The number of aliphatic hydroxyl groups is 1. The Balaban J connectivity index is 1.80. The van der Waals surface area contributed by atoms with Crippen LogP contribution in [-0.4, -0.2) is 37.2 Å². The number of alkyl halides is 3. The van der Waals surface area contributed by atoms with Crippen molar-refractivity contribution in [3.8, 4) is 11.1 Å². The average molecular weight is 418 g/mol. The minimum Gasteiger partial charge on any atom is -0.389 e. The van der Waals surface area contributed by atoms with Crippen LogP contribution in [-0.2, 0) is 6.18 Å². The molecule has 3 N–H and O–H groups in total. The standard InChI is InChI=1S/C20H21F3N6O/c1-12-4-5-13(14-9-25-17(26-10-14)27-11-19(2,3)30)8-15(12)28-18-24-7-6-16(29-18)20(21,22)23/h4-10,30H,11H2,1-3H3,(H,24,28,29)(H,25,26,27). The monoisotopic (exact) mass is 418 g/mol. The zero-order valence-electron chi connectivity index (χ0n) is 16.6. The minimum absolute atomic E-state index is 0.146. The number of anilines is 3. The summed E-state index contributed by atoms with van der Waals surface area (Å²) in [7, 11) is 0. The van der Waals surface area contributed by atoms with Crippen LogP contribution in [0.15, 0.2) is 42.9 Å². The fraction of sp³-hybridized carbons (Fsp3) is 0.300. The molecular weight excluding hydrogens is 397 g/mol. The smallest absolute Gasteiger partial charge is 0.389 e. The SMILES string of the molecule is Cc1ccc(-c2cnc(NCC(C)(C)O)nc2)cc1Nc1nccc(C(F)(F)F)n1. The Morgan fingerprint density at radius 2 is 1.67 bits per heavy atom. The average Bonchev–Trinajstić information content (AvgIpc) is 2.68. The Bertz CT molecular complexity index is 1020. The third-order valence-electron chi connectivity index (χ3n) is 4.09. The predicted octanol–water partition coefficient (Wildman–Crippen LogP) is 4.19. The third-order valence-corrected chi connectivity index (χ3v) is 4.09. The maximum atomic E-state index is 12.9. The van der Waals surface area contributed by atoms with Gasteiger partial charge in [-0.05, 0) is 44.0 Å². The molecule has 0 aliphatic rings. The Morgan fingerprint density at radius 1 is 0.967 bits per heavy atom. The highest BCUT2D eigenvalue weighted by Crippen LogP contribution is 2.29. The highest BCUT2D eigenvalue weighted by molar-refractivity contribution is 5.71. The molecule has 2 heterocycles. The van der Waals surface area contributed by atoms with Gasteiger partial charge in [-0.2, -0.15) is 13.2 Å². The number of aryl methyl sites for hydroxylation is 1. The van der Waals surface area contributed by atoms with Crippen LogP contribution in [0.5, 0.6) is 0 Å². The topological polar surface area (TPSA) is 95.9 Å². The quantitative estimate of drug-likeness (QED) is 0.552. The highest BCUT2D eigenvalue weighted by Gasteiger charge is 2.32. The minimum atomic E-state index is -4.55.